The van der Waals surface area contributed by atoms with Gasteiger partial charge in [-0.05, 0) is 37.7 Å². The first-order chi connectivity index (χ1) is 9.06. The second-order valence-electron chi connectivity index (χ2n) is 5.00. The van der Waals surface area contributed by atoms with E-state index in [1.54, 1.807) is 19.1 Å². The van der Waals surface area contributed by atoms with Crippen LogP contribution in [0.4, 0.5) is 10.1 Å². The molecule has 19 heavy (non-hydrogen) atoms. The van der Waals surface area contributed by atoms with E-state index in [4.69, 9.17) is 0 Å². The molecule has 0 aliphatic carbocycles. The van der Waals surface area contributed by atoms with E-state index in [1.165, 1.54) is 6.07 Å². The van der Waals surface area contributed by atoms with Crippen molar-refractivity contribution in [3.63, 3.8) is 0 Å². The van der Waals surface area contributed by atoms with Gasteiger partial charge in [0.2, 0.25) is 5.91 Å². The van der Waals surface area contributed by atoms with E-state index < -0.39 is 0 Å². The van der Waals surface area contributed by atoms with Gasteiger partial charge in [0.05, 0.1) is 6.54 Å². The largest absolute Gasteiger partial charge is 0.376 e. The number of nitrogens with one attached hydrogen (secondary N) is 1. The standard InChI is InChI=1S/C14H20FN3O/c1-11-9-12(3-4-13(11)15)16-10-14(19)18-7-5-17(2)6-8-18/h3-4,9,16H,5-8,10H2,1-2H3. The van der Waals surface area contributed by atoms with Crippen LogP contribution in [0.25, 0.3) is 0 Å². The first-order valence-corrected chi connectivity index (χ1v) is 6.52. The molecule has 0 unspecified atom stereocenters. The number of carbonyl (C=O) groups is 1. The minimum absolute atomic E-state index is 0.0927. The van der Waals surface area contributed by atoms with E-state index >= 15 is 0 Å². The third kappa shape index (κ3) is 3.67. The molecule has 1 aromatic rings. The predicted molar refractivity (Wildman–Crippen MR) is 73.7 cm³/mol. The third-order valence-electron chi connectivity index (χ3n) is 3.46. The predicted octanol–water partition coefficient (Wildman–Crippen LogP) is 1.32. The highest BCUT2D eigenvalue weighted by Crippen LogP contribution is 2.13. The zero-order chi connectivity index (χ0) is 13.8. The van der Waals surface area contributed by atoms with Gasteiger partial charge in [0.25, 0.3) is 0 Å². The Hall–Kier alpha value is -1.62. The molecule has 0 spiro atoms. The molecule has 1 fully saturated rings. The van der Waals surface area contributed by atoms with Gasteiger partial charge in [0.1, 0.15) is 5.82 Å². The average molecular weight is 265 g/mol. The summed E-state index contributed by atoms with van der Waals surface area (Å²) in [6, 6.07) is 4.78. The molecule has 0 atom stereocenters. The molecule has 104 valence electrons. The molecular formula is C14H20FN3O. The summed E-state index contributed by atoms with van der Waals surface area (Å²) < 4.78 is 13.1. The number of aryl methyl sites for hydroxylation is 1. The lowest BCUT2D eigenvalue weighted by atomic mass is 10.2. The van der Waals surface area contributed by atoms with Gasteiger partial charge in [-0.2, -0.15) is 0 Å². The van der Waals surface area contributed by atoms with Crippen molar-refractivity contribution in [1.82, 2.24) is 9.80 Å². The number of rotatable bonds is 3. The Balaban J connectivity index is 1.84. The van der Waals surface area contributed by atoms with Crippen LogP contribution < -0.4 is 5.32 Å². The van der Waals surface area contributed by atoms with E-state index in [9.17, 15) is 9.18 Å². The van der Waals surface area contributed by atoms with Gasteiger partial charge < -0.3 is 15.1 Å². The van der Waals surface area contributed by atoms with Crippen LogP contribution in [0.15, 0.2) is 18.2 Å². The molecule has 1 saturated heterocycles. The Morgan fingerprint density at radius 1 is 1.32 bits per heavy atom. The van der Waals surface area contributed by atoms with Crippen molar-refractivity contribution in [2.24, 2.45) is 0 Å². The maximum absolute atomic E-state index is 13.1. The monoisotopic (exact) mass is 265 g/mol. The van der Waals surface area contributed by atoms with Crippen LogP contribution in [-0.4, -0.2) is 55.5 Å². The first-order valence-electron chi connectivity index (χ1n) is 6.52. The van der Waals surface area contributed by atoms with Crippen LogP contribution in [0, 0.1) is 12.7 Å². The number of amides is 1. The molecule has 1 N–H and O–H groups in total. The topological polar surface area (TPSA) is 35.6 Å². The molecule has 2 rings (SSSR count). The number of carbonyl (C=O) groups excluding carboxylic acids is 1. The zero-order valence-corrected chi connectivity index (χ0v) is 11.4. The molecule has 1 aliphatic heterocycles. The highest BCUT2D eigenvalue weighted by Gasteiger charge is 2.18. The number of halogens is 1. The number of nitrogens with zero attached hydrogens (tertiary/aromatic N) is 2. The maximum Gasteiger partial charge on any atom is 0.241 e. The van der Waals surface area contributed by atoms with Gasteiger partial charge in [0.15, 0.2) is 0 Å². The van der Waals surface area contributed by atoms with Gasteiger partial charge in [-0.15, -0.1) is 0 Å². The second-order valence-corrected chi connectivity index (χ2v) is 5.00. The highest BCUT2D eigenvalue weighted by atomic mass is 19.1. The minimum Gasteiger partial charge on any atom is -0.376 e. The number of hydrogen-bond acceptors (Lipinski definition) is 3. The SMILES string of the molecule is Cc1cc(NCC(=O)N2CCN(C)CC2)ccc1F. The van der Waals surface area contributed by atoms with Crippen LogP contribution in [0.2, 0.25) is 0 Å². The summed E-state index contributed by atoms with van der Waals surface area (Å²) in [7, 11) is 2.06. The summed E-state index contributed by atoms with van der Waals surface area (Å²) in [5.74, 6) is -0.133. The van der Waals surface area contributed by atoms with Gasteiger partial charge >= 0.3 is 0 Å². The Morgan fingerprint density at radius 2 is 2.00 bits per heavy atom. The fourth-order valence-corrected chi connectivity index (χ4v) is 2.10. The van der Waals surface area contributed by atoms with E-state index in [1.807, 2.05) is 4.90 Å². The summed E-state index contributed by atoms with van der Waals surface area (Å²) in [6.07, 6.45) is 0. The van der Waals surface area contributed by atoms with Gasteiger partial charge in [-0.3, -0.25) is 4.79 Å². The molecule has 1 heterocycles. The Morgan fingerprint density at radius 3 is 2.63 bits per heavy atom. The number of anilines is 1. The van der Waals surface area contributed by atoms with Crippen molar-refractivity contribution >= 4 is 11.6 Å². The Labute approximate surface area is 113 Å². The third-order valence-corrected chi connectivity index (χ3v) is 3.46. The fourth-order valence-electron chi connectivity index (χ4n) is 2.10. The molecule has 1 aromatic carbocycles. The van der Waals surface area contributed by atoms with Crippen LogP contribution in [0.1, 0.15) is 5.56 Å². The van der Waals surface area contributed by atoms with Crippen molar-refractivity contribution in [2.75, 3.05) is 45.1 Å². The van der Waals surface area contributed by atoms with E-state index in [0.29, 0.717) is 5.56 Å². The van der Waals surface area contributed by atoms with Crippen molar-refractivity contribution in [1.29, 1.82) is 0 Å². The highest BCUT2D eigenvalue weighted by molar-refractivity contribution is 5.81. The molecule has 0 radical (unpaired) electrons. The summed E-state index contributed by atoms with van der Waals surface area (Å²) in [5, 5.41) is 3.05. The molecule has 4 nitrogen and oxygen atoms in total. The minimum atomic E-state index is -0.226. The zero-order valence-electron chi connectivity index (χ0n) is 11.4. The number of piperazine rings is 1. The Bertz CT molecular complexity index is 456. The van der Waals surface area contributed by atoms with Gasteiger partial charge in [0, 0.05) is 31.9 Å². The smallest absolute Gasteiger partial charge is 0.241 e. The lowest BCUT2D eigenvalue weighted by molar-refractivity contribution is -0.130. The summed E-state index contributed by atoms with van der Waals surface area (Å²) in [4.78, 5) is 16.1. The van der Waals surface area contributed by atoms with Crippen LogP contribution in [0.5, 0.6) is 0 Å². The van der Waals surface area contributed by atoms with Crippen molar-refractivity contribution < 1.29 is 9.18 Å². The maximum atomic E-state index is 13.1. The van der Waals surface area contributed by atoms with E-state index in [-0.39, 0.29) is 18.3 Å². The molecule has 0 bridgehead atoms. The Kier molecular flexibility index (Phi) is 4.37. The van der Waals surface area contributed by atoms with Gasteiger partial charge in [-0.25, -0.2) is 4.39 Å². The molecule has 1 aliphatic rings. The molecule has 5 heteroatoms. The average Bonchev–Trinajstić information content (AvgIpc) is 2.40. The van der Waals surface area contributed by atoms with Crippen LogP contribution >= 0.6 is 0 Å². The van der Waals surface area contributed by atoms with Crippen molar-refractivity contribution in [3.8, 4) is 0 Å². The molecule has 1 amide bonds. The quantitative estimate of drug-likeness (QED) is 0.895. The number of benzene rings is 1. The van der Waals surface area contributed by atoms with Crippen molar-refractivity contribution in [2.45, 2.75) is 6.92 Å². The summed E-state index contributed by atoms with van der Waals surface area (Å²) in [5.41, 5.74) is 1.36. The van der Waals surface area contributed by atoms with Crippen molar-refractivity contribution in [3.05, 3.63) is 29.6 Å². The van der Waals surface area contributed by atoms with Crippen LogP contribution in [0.3, 0.4) is 0 Å². The first kappa shape index (κ1) is 13.8. The summed E-state index contributed by atoms with van der Waals surface area (Å²) >= 11 is 0. The second kappa shape index (κ2) is 6.02. The van der Waals surface area contributed by atoms with E-state index in [2.05, 4.69) is 17.3 Å². The number of hydrogen-bond donors (Lipinski definition) is 1. The molecule has 0 aromatic heterocycles. The normalized spacial score (nSPS) is 16.5. The fraction of sp³-hybridized carbons (Fsp3) is 0.500. The lowest BCUT2D eigenvalue weighted by Crippen LogP contribution is -2.48. The summed E-state index contributed by atoms with van der Waals surface area (Å²) in [6.45, 7) is 5.36. The lowest BCUT2D eigenvalue weighted by Gasteiger charge is -2.32. The van der Waals surface area contributed by atoms with E-state index in [0.717, 1.165) is 31.9 Å². The molecular weight excluding hydrogens is 245 g/mol. The molecule has 0 saturated carbocycles. The number of likely N-dealkylation sites (N-methyl/N-ethyl adjacent to an activating group) is 1. The van der Waals surface area contributed by atoms with Gasteiger partial charge in [-0.1, -0.05) is 0 Å². The van der Waals surface area contributed by atoms with Crippen LogP contribution in [-0.2, 0) is 4.79 Å².